The molecule has 54 valence electrons. The molecular formula is C4H4N2O4. The van der Waals surface area contributed by atoms with Crippen LogP contribution in [-0.2, 0) is 19.3 Å². The summed E-state index contributed by atoms with van der Waals surface area (Å²) in [5, 5.41) is 0.199. The quantitative estimate of drug-likeness (QED) is 0.423. The number of carbonyl (C=O) groups excluding carboxylic acids is 2. The third-order valence-corrected chi connectivity index (χ3v) is 0.715. The lowest BCUT2D eigenvalue weighted by Gasteiger charge is -2.07. The van der Waals surface area contributed by atoms with Crippen molar-refractivity contribution in [2.24, 2.45) is 5.84 Å². The van der Waals surface area contributed by atoms with Crippen LogP contribution < -0.4 is 5.84 Å². The maximum absolute atomic E-state index is 10.4. The van der Waals surface area contributed by atoms with Gasteiger partial charge in [0.25, 0.3) is 0 Å². The van der Waals surface area contributed by atoms with Gasteiger partial charge in [0, 0.05) is 12.2 Å². The van der Waals surface area contributed by atoms with E-state index in [-0.39, 0.29) is 5.34 Å². The number of hydrazine groups is 1. The summed E-state index contributed by atoms with van der Waals surface area (Å²) in [6, 6.07) is 0. The average molecular weight is 144 g/mol. The lowest BCUT2D eigenvalue weighted by Crippen LogP contribution is -2.33. The molecule has 0 atom stereocenters. The first-order valence-electron chi connectivity index (χ1n) is 2.35. The summed E-state index contributed by atoms with van der Waals surface area (Å²) in [7, 11) is 0. The Morgan fingerprint density at radius 1 is 1.20 bits per heavy atom. The molecule has 0 aromatic rings. The van der Waals surface area contributed by atoms with E-state index in [0.717, 1.165) is 12.2 Å². The molecule has 0 fully saturated rings. The Morgan fingerprint density at radius 3 is 2.00 bits per heavy atom. The first-order chi connectivity index (χ1) is 4.68. The minimum atomic E-state index is -0.756. The van der Waals surface area contributed by atoms with Crippen molar-refractivity contribution in [3.8, 4) is 0 Å². The SMILES string of the molecule is NN1OC(=O)C=CC(=O)O1. The van der Waals surface area contributed by atoms with Gasteiger partial charge in [-0.3, -0.25) is 0 Å². The van der Waals surface area contributed by atoms with Crippen molar-refractivity contribution in [2.45, 2.75) is 0 Å². The van der Waals surface area contributed by atoms with Crippen LogP contribution in [-0.4, -0.2) is 17.3 Å². The zero-order valence-electron chi connectivity index (χ0n) is 4.81. The Bertz CT molecular complexity index is 179. The molecule has 10 heavy (non-hydrogen) atoms. The molecule has 0 saturated heterocycles. The fourth-order valence-corrected chi connectivity index (χ4v) is 0.393. The summed E-state index contributed by atoms with van der Waals surface area (Å²) < 4.78 is 0. The van der Waals surface area contributed by atoms with Crippen molar-refractivity contribution in [3.63, 3.8) is 0 Å². The zero-order valence-corrected chi connectivity index (χ0v) is 4.81. The molecule has 1 rings (SSSR count). The second-order valence-corrected chi connectivity index (χ2v) is 1.44. The molecule has 0 aliphatic carbocycles. The van der Waals surface area contributed by atoms with Crippen molar-refractivity contribution in [1.82, 2.24) is 5.34 Å². The number of hydrogen-bond acceptors (Lipinski definition) is 6. The van der Waals surface area contributed by atoms with Crippen LogP contribution >= 0.6 is 0 Å². The highest BCUT2D eigenvalue weighted by molar-refractivity contribution is 5.92. The number of hydrogen-bond donors (Lipinski definition) is 1. The van der Waals surface area contributed by atoms with Gasteiger partial charge in [-0.15, -0.1) is 0 Å². The summed E-state index contributed by atoms with van der Waals surface area (Å²) in [5.74, 6) is 3.31. The summed E-state index contributed by atoms with van der Waals surface area (Å²) in [4.78, 5) is 29.0. The molecule has 0 bridgehead atoms. The normalized spacial score (nSPS) is 19.7. The Labute approximate surface area is 55.7 Å². The van der Waals surface area contributed by atoms with Crippen molar-refractivity contribution < 1.29 is 19.3 Å². The molecule has 0 unspecified atom stereocenters. The summed E-state index contributed by atoms with van der Waals surface area (Å²) in [6.45, 7) is 0. The van der Waals surface area contributed by atoms with E-state index >= 15 is 0 Å². The molecule has 0 amide bonds. The standard InChI is InChI=1S/C4H4N2O4/c5-6-9-3(7)1-2-4(8)10-6/h1-2H,5H2. The van der Waals surface area contributed by atoms with Crippen LogP contribution in [0.1, 0.15) is 0 Å². The van der Waals surface area contributed by atoms with Gasteiger partial charge in [-0.1, -0.05) is 0 Å². The number of rotatable bonds is 0. The third-order valence-electron chi connectivity index (χ3n) is 0.715. The van der Waals surface area contributed by atoms with Crippen molar-refractivity contribution in [1.29, 1.82) is 0 Å². The molecule has 0 saturated carbocycles. The monoisotopic (exact) mass is 144 g/mol. The highest BCUT2D eigenvalue weighted by Gasteiger charge is 2.14. The zero-order chi connectivity index (χ0) is 7.56. The molecule has 1 aliphatic heterocycles. The van der Waals surface area contributed by atoms with Gasteiger partial charge >= 0.3 is 11.9 Å². The van der Waals surface area contributed by atoms with E-state index < -0.39 is 11.9 Å². The molecular weight excluding hydrogens is 140 g/mol. The molecule has 0 aromatic carbocycles. The second-order valence-electron chi connectivity index (χ2n) is 1.44. The van der Waals surface area contributed by atoms with Gasteiger partial charge in [-0.25, -0.2) is 9.59 Å². The van der Waals surface area contributed by atoms with E-state index in [1.54, 1.807) is 0 Å². The van der Waals surface area contributed by atoms with Crippen LogP contribution in [0.3, 0.4) is 0 Å². The molecule has 2 N–H and O–H groups in total. The molecule has 6 heteroatoms. The molecule has 1 heterocycles. The van der Waals surface area contributed by atoms with Crippen LogP contribution in [0.15, 0.2) is 12.2 Å². The topological polar surface area (TPSA) is 81.9 Å². The van der Waals surface area contributed by atoms with Crippen LogP contribution in [0.2, 0.25) is 0 Å². The van der Waals surface area contributed by atoms with Gasteiger partial charge in [-0.05, 0) is 0 Å². The van der Waals surface area contributed by atoms with Gasteiger partial charge in [0.1, 0.15) is 5.34 Å². The highest BCUT2D eigenvalue weighted by atomic mass is 17.0. The van der Waals surface area contributed by atoms with Crippen LogP contribution in [0.25, 0.3) is 0 Å². The van der Waals surface area contributed by atoms with Crippen LogP contribution in [0.5, 0.6) is 0 Å². The Morgan fingerprint density at radius 2 is 1.60 bits per heavy atom. The number of nitrogens with zero attached hydrogens (tertiary/aromatic N) is 1. The van der Waals surface area contributed by atoms with Crippen molar-refractivity contribution >= 4 is 11.9 Å². The highest BCUT2D eigenvalue weighted by Crippen LogP contribution is 1.94. The average Bonchev–Trinajstić information content (AvgIpc) is 1.93. The summed E-state index contributed by atoms with van der Waals surface area (Å²) in [5.41, 5.74) is 0. The smallest absolute Gasteiger partial charge is 0.315 e. The van der Waals surface area contributed by atoms with Gasteiger partial charge in [-0.2, -0.15) is 5.84 Å². The summed E-state index contributed by atoms with van der Waals surface area (Å²) in [6.07, 6.45) is 1.82. The van der Waals surface area contributed by atoms with E-state index in [9.17, 15) is 9.59 Å². The van der Waals surface area contributed by atoms with E-state index in [4.69, 9.17) is 5.84 Å². The fourth-order valence-electron chi connectivity index (χ4n) is 0.393. The van der Waals surface area contributed by atoms with Crippen molar-refractivity contribution in [2.75, 3.05) is 0 Å². The second kappa shape index (κ2) is 2.46. The van der Waals surface area contributed by atoms with Crippen LogP contribution in [0, 0.1) is 0 Å². The first kappa shape index (κ1) is 6.72. The fraction of sp³-hybridized carbons (Fsp3) is 0. The van der Waals surface area contributed by atoms with Gasteiger partial charge < -0.3 is 9.68 Å². The first-order valence-corrected chi connectivity index (χ1v) is 2.35. The third kappa shape index (κ3) is 1.54. The lowest BCUT2D eigenvalue weighted by molar-refractivity contribution is -0.321. The largest absolute Gasteiger partial charge is 0.355 e. The summed E-state index contributed by atoms with van der Waals surface area (Å²) >= 11 is 0. The Hall–Kier alpha value is -1.40. The van der Waals surface area contributed by atoms with Gasteiger partial charge in [0.2, 0.25) is 0 Å². The maximum Gasteiger partial charge on any atom is 0.355 e. The van der Waals surface area contributed by atoms with Gasteiger partial charge in [0.15, 0.2) is 0 Å². The van der Waals surface area contributed by atoms with E-state index in [1.165, 1.54) is 0 Å². The molecule has 0 aromatic heterocycles. The number of carbonyl (C=O) groups is 2. The van der Waals surface area contributed by atoms with Gasteiger partial charge in [0.05, 0.1) is 0 Å². The minimum absolute atomic E-state index is 0.199. The minimum Gasteiger partial charge on any atom is -0.315 e. The Kier molecular flexibility index (Phi) is 1.65. The Balaban J connectivity index is 2.69. The molecule has 6 nitrogen and oxygen atoms in total. The maximum atomic E-state index is 10.4. The molecule has 0 radical (unpaired) electrons. The van der Waals surface area contributed by atoms with E-state index in [2.05, 4.69) is 9.68 Å². The predicted molar refractivity (Wildman–Crippen MR) is 27.4 cm³/mol. The van der Waals surface area contributed by atoms with Crippen molar-refractivity contribution in [3.05, 3.63) is 12.2 Å². The van der Waals surface area contributed by atoms with E-state index in [1.807, 2.05) is 0 Å². The molecule has 0 spiro atoms. The number of nitrogens with two attached hydrogens (primary N) is 1. The van der Waals surface area contributed by atoms with E-state index in [0.29, 0.717) is 0 Å². The predicted octanol–water partition coefficient (Wildman–Crippen LogP) is -1.35. The lowest BCUT2D eigenvalue weighted by atomic mass is 10.5. The van der Waals surface area contributed by atoms with Crippen LogP contribution in [0.4, 0.5) is 0 Å². The molecule has 1 aliphatic rings.